The van der Waals surface area contributed by atoms with Crippen molar-refractivity contribution in [3.8, 4) is 11.3 Å². The average Bonchev–Trinajstić information content (AvgIpc) is 3.56. The van der Waals surface area contributed by atoms with Gasteiger partial charge >= 0.3 is 0 Å². The highest BCUT2D eigenvalue weighted by molar-refractivity contribution is 5.99. The van der Waals surface area contributed by atoms with E-state index in [1.807, 2.05) is 12.1 Å². The van der Waals surface area contributed by atoms with Crippen molar-refractivity contribution in [2.45, 2.75) is 37.8 Å². The second-order valence-corrected chi connectivity index (χ2v) is 12.2. The smallest absolute Gasteiger partial charge is 0.271 e. The molecule has 0 radical (unpaired) electrons. The number of hydrogen-bond donors (Lipinski definition) is 4. The number of aromatic nitrogens is 5. The van der Waals surface area contributed by atoms with Crippen LogP contribution in [0.25, 0.3) is 22.3 Å². The molecule has 7 rings (SSSR count). The first-order valence-corrected chi connectivity index (χ1v) is 15.9. The molecule has 1 aromatic carbocycles. The number of rotatable bonds is 8. The van der Waals surface area contributed by atoms with Crippen LogP contribution in [0.1, 0.15) is 36.2 Å². The SMILES string of the molecule is CN1CCN(C2CCN(c3ccc(Nc4nc(NC5CCOCC5)c(-c5cncc6[nH]cnc56)nc4C(N)=O)cc3)CC2)CC1. The first-order valence-electron chi connectivity index (χ1n) is 15.9. The van der Waals surface area contributed by atoms with Gasteiger partial charge < -0.3 is 35.9 Å². The maximum absolute atomic E-state index is 12.7. The number of piperazine rings is 1. The molecule has 0 saturated carbocycles. The number of carbonyl (C=O) groups excluding carboxylic acids is 1. The van der Waals surface area contributed by atoms with Gasteiger partial charge in [0.25, 0.3) is 5.91 Å². The zero-order valence-corrected chi connectivity index (χ0v) is 25.7. The minimum absolute atomic E-state index is 0.0464. The highest BCUT2D eigenvalue weighted by Crippen LogP contribution is 2.34. The number of aromatic amines is 1. The summed E-state index contributed by atoms with van der Waals surface area (Å²) in [6.07, 6.45) is 9.03. The number of imidazole rings is 1. The number of pyridine rings is 1. The summed E-state index contributed by atoms with van der Waals surface area (Å²) in [5.41, 5.74) is 10.5. The molecule has 3 aromatic heterocycles. The number of hydrogen-bond acceptors (Lipinski definition) is 11. The number of nitrogens with zero attached hydrogens (tertiary/aromatic N) is 7. The van der Waals surface area contributed by atoms with Crippen molar-refractivity contribution in [3.05, 3.63) is 48.7 Å². The largest absolute Gasteiger partial charge is 0.381 e. The van der Waals surface area contributed by atoms with Crippen molar-refractivity contribution in [1.82, 2.24) is 34.7 Å². The highest BCUT2D eigenvalue weighted by Gasteiger charge is 2.27. The topological polar surface area (TPSA) is 153 Å². The maximum Gasteiger partial charge on any atom is 0.271 e. The Morgan fingerprint density at radius 3 is 2.44 bits per heavy atom. The van der Waals surface area contributed by atoms with Gasteiger partial charge in [0.15, 0.2) is 17.3 Å². The molecule has 4 aromatic rings. The number of piperidine rings is 1. The van der Waals surface area contributed by atoms with Crippen LogP contribution in [0.3, 0.4) is 0 Å². The molecule has 0 aliphatic carbocycles. The number of likely N-dealkylation sites (N-methyl/N-ethyl adjacent to an activating group) is 1. The molecule has 0 bridgehead atoms. The molecule has 5 N–H and O–H groups in total. The molecular formula is C32H41N11O2. The lowest BCUT2D eigenvalue weighted by Gasteiger charge is -2.42. The van der Waals surface area contributed by atoms with Crippen molar-refractivity contribution in [3.63, 3.8) is 0 Å². The number of fused-ring (bicyclic) bond motifs is 1. The fourth-order valence-corrected chi connectivity index (χ4v) is 6.62. The monoisotopic (exact) mass is 611 g/mol. The van der Waals surface area contributed by atoms with Gasteiger partial charge in [-0.25, -0.2) is 15.0 Å². The Morgan fingerprint density at radius 2 is 1.71 bits per heavy atom. The van der Waals surface area contributed by atoms with Gasteiger partial charge in [0, 0.05) is 82.1 Å². The first kappa shape index (κ1) is 29.4. The van der Waals surface area contributed by atoms with Crippen LogP contribution in [-0.4, -0.2) is 112 Å². The molecule has 0 atom stereocenters. The third-order valence-electron chi connectivity index (χ3n) is 9.29. The number of benzene rings is 1. The van der Waals surface area contributed by atoms with Gasteiger partial charge in [-0.15, -0.1) is 0 Å². The molecule has 3 fully saturated rings. The van der Waals surface area contributed by atoms with Gasteiger partial charge in [-0.2, -0.15) is 0 Å². The second-order valence-electron chi connectivity index (χ2n) is 12.2. The molecule has 13 heteroatoms. The quantitative estimate of drug-likeness (QED) is 0.232. The lowest BCUT2D eigenvalue weighted by molar-refractivity contribution is 0.0904. The van der Waals surface area contributed by atoms with Gasteiger partial charge in [0.05, 0.1) is 23.6 Å². The van der Waals surface area contributed by atoms with Crippen LogP contribution in [0.2, 0.25) is 0 Å². The fourth-order valence-electron chi connectivity index (χ4n) is 6.62. The molecule has 13 nitrogen and oxygen atoms in total. The van der Waals surface area contributed by atoms with E-state index in [1.54, 1.807) is 18.7 Å². The molecule has 1 amide bonds. The Kier molecular flexibility index (Phi) is 8.46. The molecule has 0 unspecified atom stereocenters. The number of nitrogens with two attached hydrogens (primary N) is 1. The van der Waals surface area contributed by atoms with Crippen LogP contribution in [0.15, 0.2) is 43.0 Å². The lowest BCUT2D eigenvalue weighted by atomic mass is 10.0. The van der Waals surface area contributed by atoms with E-state index in [1.165, 1.54) is 31.6 Å². The van der Waals surface area contributed by atoms with E-state index in [4.69, 9.17) is 20.4 Å². The van der Waals surface area contributed by atoms with E-state index in [2.05, 4.69) is 59.5 Å². The molecule has 0 spiro atoms. The number of amides is 1. The van der Waals surface area contributed by atoms with Crippen LogP contribution in [0, 0.1) is 0 Å². The summed E-state index contributed by atoms with van der Waals surface area (Å²) >= 11 is 0. The van der Waals surface area contributed by atoms with Crippen LogP contribution >= 0.6 is 0 Å². The Hall–Kier alpha value is -4.33. The third kappa shape index (κ3) is 6.42. The molecule has 45 heavy (non-hydrogen) atoms. The Bertz CT molecular complexity index is 1620. The van der Waals surface area contributed by atoms with Crippen molar-refractivity contribution in [2.24, 2.45) is 5.73 Å². The van der Waals surface area contributed by atoms with Crippen LogP contribution in [0.4, 0.5) is 23.0 Å². The van der Waals surface area contributed by atoms with Crippen molar-refractivity contribution in [2.75, 3.05) is 75.1 Å². The Balaban J connectivity index is 1.12. The minimum atomic E-state index is -0.675. The van der Waals surface area contributed by atoms with Gasteiger partial charge in [0.2, 0.25) is 0 Å². The van der Waals surface area contributed by atoms with E-state index in [0.717, 1.165) is 50.2 Å². The number of carbonyl (C=O) groups is 1. The molecular weight excluding hydrogens is 570 g/mol. The molecule has 3 aliphatic heterocycles. The normalized spacial score (nSPS) is 19.2. The van der Waals surface area contributed by atoms with E-state index in [-0.39, 0.29) is 11.7 Å². The first-order chi connectivity index (χ1) is 22.0. The number of primary amides is 1. The number of H-pyrrole nitrogens is 1. The molecule has 236 valence electrons. The summed E-state index contributed by atoms with van der Waals surface area (Å²) in [6, 6.07) is 9.09. The van der Waals surface area contributed by atoms with Crippen molar-refractivity contribution >= 4 is 40.0 Å². The highest BCUT2D eigenvalue weighted by atomic mass is 16.5. The van der Waals surface area contributed by atoms with Gasteiger partial charge in [-0.3, -0.25) is 14.7 Å². The molecule has 3 saturated heterocycles. The number of nitrogens with one attached hydrogen (secondary N) is 3. The Morgan fingerprint density at radius 1 is 0.956 bits per heavy atom. The summed E-state index contributed by atoms with van der Waals surface area (Å²) in [6.45, 7) is 8.07. The van der Waals surface area contributed by atoms with Crippen LogP contribution in [0.5, 0.6) is 0 Å². The number of ether oxygens (including phenoxy) is 1. The number of anilines is 4. The summed E-state index contributed by atoms with van der Waals surface area (Å²) in [4.78, 5) is 41.9. The van der Waals surface area contributed by atoms with Crippen molar-refractivity contribution in [1.29, 1.82) is 0 Å². The standard InChI is InChI=1S/C32H41N11O2/c1-41-12-14-43(15-13-41)24-6-10-42(11-7-24)23-4-2-21(3-5-23)37-32-29(30(33)44)39-28(25-18-34-19-26-27(25)36-20-35-26)31(40-32)38-22-8-16-45-17-9-22/h2-5,18-20,22,24H,6-17H2,1H3,(H2,33,44)(H,35,36)(H2,37,38,40). The fraction of sp³-hybridized carbons (Fsp3) is 0.469. The zero-order chi connectivity index (χ0) is 30.8. The van der Waals surface area contributed by atoms with Crippen LogP contribution in [-0.2, 0) is 4.74 Å². The molecule has 3 aliphatic rings. The van der Waals surface area contributed by atoms with Gasteiger partial charge in [0.1, 0.15) is 11.2 Å². The molecule has 6 heterocycles. The average molecular weight is 612 g/mol. The predicted molar refractivity (Wildman–Crippen MR) is 175 cm³/mol. The lowest BCUT2D eigenvalue weighted by Crippen LogP contribution is -2.52. The van der Waals surface area contributed by atoms with E-state index < -0.39 is 5.91 Å². The summed E-state index contributed by atoms with van der Waals surface area (Å²) < 4.78 is 5.56. The van der Waals surface area contributed by atoms with E-state index in [0.29, 0.717) is 47.7 Å². The minimum Gasteiger partial charge on any atom is -0.381 e. The predicted octanol–water partition coefficient (Wildman–Crippen LogP) is 3.06. The third-order valence-corrected chi connectivity index (χ3v) is 9.29. The second kappa shape index (κ2) is 13.0. The summed E-state index contributed by atoms with van der Waals surface area (Å²) in [5, 5.41) is 6.88. The zero-order valence-electron chi connectivity index (χ0n) is 25.7. The van der Waals surface area contributed by atoms with Gasteiger partial charge in [-0.05, 0) is 57.0 Å². The maximum atomic E-state index is 12.7. The van der Waals surface area contributed by atoms with E-state index >= 15 is 0 Å². The van der Waals surface area contributed by atoms with E-state index in [9.17, 15) is 4.79 Å². The summed E-state index contributed by atoms with van der Waals surface area (Å²) in [7, 11) is 2.21. The Labute approximate surface area is 262 Å². The van der Waals surface area contributed by atoms with Gasteiger partial charge in [-0.1, -0.05) is 0 Å². The van der Waals surface area contributed by atoms with Crippen LogP contribution < -0.4 is 21.3 Å². The summed E-state index contributed by atoms with van der Waals surface area (Å²) in [5.74, 6) is 0.154. The van der Waals surface area contributed by atoms with Crippen molar-refractivity contribution < 1.29 is 9.53 Å².